The van der Waals surface area contributed by atoms with Crippen LogP contribution < -0.4 is 10.6 Å². The van der Waals surface area contributed by atoms with E-state index in [0.717, 1.165) is 16.6 Å². The Hall–Kier alpha value is -1.66. The summed E-state index contributed by atoms with van der Waals surface area (Å²) in [4.78, 5) is 0. The average Bonchev–Trinajstić information content (AvgIpc) is 2.60. The summed E-state index contributed by atoms with van der Waals surface area (Å²) in [5, 5.41) is 16.4. The fourth-order valence-corrected chi connectivity index (χ4v) is 2.35. The van der Waals surface area contributed by atoms with Crippen LogP contribution in [0.1, 0.15) is 32.8 Å². The third-order valence-electron chi connectivity index (χ3n) is 3.68. The zero-order valence-electron chi connectivity index (χ0n) is 14.7. The topological polar surface area (TPSA) is 44.3 Å². The molecular formula is C19H24BrFN2OS. The SMILES string of the molecule is C/C=C(Br)\C=C/C(NC(=S)NCCc1c(O)cccc1F)=C(C)CC. The van der Waals surface area contributed by atoms with Gasteiger partial charge in [0.05, 0.1) is 0 Å². The number of thiocarbonyl (C=S) groups is 1. The Morgan fingerprint density at radius 3 is 2.68 bits per heavy atom. The van der Waals surface area contributed by atoms with Gasteiger partial charge in [0, 0.05) is 22.3 Å². The van der Waals surface area contributed by atoms with Crippen LogP contribution in [0.15, 0.2) is 52.2 Å². The predicted octanol–water partition coefficient (Wildman–Crippen LogP) is 5.08. The Balaban J connectivity index is 2.65. The van der Waals surface area contributed by atoms with Gasteiger partial charge < -0.3 is 15.7 Å². The van der Waals surface area contributed by atoms with Crippen molar-refractivity contribution in [3.05, 3.63) is 63.6 Å². The van der Waals surface area contributed by atoms with Gasteiger partial charge in [0.2, 0.25) is 0 Å². The second-order valence-corrected chi connectivity index (χ2v) is 6.75. The van der Waals surface area contributed by atoms with Crippen LogP contribution in [-0.2, 0) is 6.42 Å². The highest BCUT2D eigenvalue weighted by Crippen LogP contribution is 2.19. The minimum atomic E-state index is -0.415. The van der Waals surface area contributed by atoms with Crippen molar-refractivity contribution in [3.8, 4) is 5.75 Å². The number of halogens is 2. The number of benzene rings is 1. The molecule has 3 N–H and O–H groups in total. The maximum atomic E-state index is 13.7. The maximum absolute atomic E-state index is 13.7. The molecule has 0 unspecified atom stereocenters. The molecule has 0 spiro atoms. The second kappa shape index (κ2) is 11.1. The van der Waals surface area contributed by atoms with Gasteiger partial charge in [-0.1, -0.05) is 40.6 Å². The van der Waals surface area contributed by atoms with Crippen molar-refractivity contribution in [1.29, 1.82) is 0 Å². The summed E-state index contributed by atoms with van der Waals surface area (Å²) in [6.45, 7) is 6.48. The Morgan fingerprint density at radius 1 is 1.36 bits per heavy atom. The molecule has 0 aromatic heterocycles. The molecule has 0 radical (unpaired) electrons. The molecule has 0 heterocycles. The van der Waals surface area contributed by atoms with Gasteiger partial charge in [-0.25, -0.2) is 4.39 Å². The number of hydrogen-bond acceptors (Lipinski definition) is 2. The zero-order chi connectivity index (χ0) is 18.8. The zero-order valence-corrected chi connectivity index (χ0v) is 17.1. The van der Waals surface area contributed by atoms with Gasteiger partial charge >= 0.3 is 0 Å². The van der Waals surface area contributed by atoms with E-state index >= 15 is 0 Å². The lowest BCUT2D eigenvalue weighted by atomic mass is 10.1. The van der Waals surface area contributed by atoms with Gasteiger partial charge in [-0.05, 0) is 63.2 Å². The van der Waals surface area contributed by atoms with Crippen LogP contribution in [0.4, 0.5) is 4.39 Å². The summed E-state index contributed by atoms with van der Waals surface area (Å²) >= 11 is 8.75. The Kier molecular flexibility index (Phi) is 9.45. The van der Waals surface area contributed by atoms with Gasteiger partial charge in [0.1, 0.15) is 11.6 Å². The van der Waals surface area contributed by atoms with Crippen LogP contribution in [0, 0.1) is 5.82 Å². The van der Waals surface area contributed by atoms with Gasteiger partial charge in [0.25, 0.3) is 0 Å². The van der Waals surface area contributed by atoms with Crippen molar-refractivity contribution in [1.82, 2.24) is 10.6 Å². The van der Waals surface area contributed by atoms with Crippen molar-refractivity contribution >= 4 is 33.3 Å². The van der Waals surface area contributed by atoms with Gasteiger partial charge in [0.15, 0.2) is 5.11 Å². The summed E-state index contributed by atoms with van der Waals surface area (Å²) < 4.78 is 14.7. The van der Waals surface area contributed by atoms with E-state index in [1.807, 2.05) is 32.1 Å². The first kappa shape index (κ1) is 21.4. The number of nitrogens with one attached hydrogen (secondary N) is 2. The molecule has 0 aliphatic heterocycles. The van der Waals surface area contributed by atoms with E-state index in [1.165, 1.54) is 23.8 Å². The van der Waals surface area contributed by atoms with Crippen LogP contribution >= 0.6 is 28.1 Å². The molecule has 0 aliphatic carbocycles. The molecule has 0 bridgehead atoms. The first-order valence-electron chi connectivity index (χ1n) is 8.09. The minimum Gasteiger partial charge on any atom is -0.508 e. The van der Waals surface area contributed by atoms with E-state index in [1.54, 1.807) is 0 Å². The van der Waals surface area contributed by atoms with Gasteiger partial charge in [-0.3, -0.25) is 0 Å². The number of phenols is 1. The van der Waals surface area contributed by atoms with E-state index in [2.05, 4.69) is 33.5 Å². The number of phenolic OH excluding ortho intramolecular Hbond substituents is 1. The average molecular weight is 427 g/mol. The Bertz CT molecular complexity index is 678. The first-order valence-corrected chi connectivity index (χ1v) is 9.30. The summed E-state index contributed by atoms with van der Waals surface area (Å²) in [5.74, 6) is -0.454. The summed E-state index contributed by atoms with van der Waals surface area (Å²) in [6.07, 6.45) is 7.09. The van der Waals surface area contributed by atoms with E-state index in [0.29, 0.717) is 18.1 Å². The molecule has 0 amide bonds. The van der Waals surface area contributed by atoms with Crippen molar-refractivity contribution in [2.45, 2.75) is 33.6 Å². The predicted molar refractivity (Wildman–Crippen MR) is 110 cm³/mol. The quantitative estimate of drug-likeness (QED) is 0.420. The largest absolute Gasteiger partial charge is 0.508 e. The van der Waals surface area contributed by atoms with Crippen molar-refractivity contribution in [2.75, 3.05) is 6.54 Å². The van der Waals surface area contributed by atoms with Crippen LogP contribution in [0.25, 0.3) is 0 Å². The normalized spacial score (nSPS) is 12.9. The lowest BCUT2D eigenvalue weighted by Crippen LogP contribution is -2.36. The number of allylic oxidation sites excluding steroid dienone is 5. The molecule has 1 aromatic rings. The molecule has 0 aliphatic rings. The molecular weight excluding hydrogens is 403 g/mol. The molecule has 6 heteroatoms. The highest BCUT2D eigenvalue weighted by Gasteiger charge is 2.08. The highest BCUT2D eigenvalue weighted by molar-refractivity contribution is 9.11. The third-order valence-corrected chi connectivity index (χ3v) is 4.65. The fourth-order valence-electron chi connectivity index (χ4n) is 2.00. The molecule has 1 aromatic carbocycles. The highest BCUT2D eigenvalue weighted by atomic mass is 79.9. The molecule has 1 rings (SSSR count). The van der Waals surface area contributed by atoms with Crippen LogP contribution in [0.3, 0.4) is 0 Å². The van der Waals surface area contributed by atoms with E-state index in [9.17, 15) is 9.50 Å². The van der Waals surface area contributed by atoms with Crippen LogP contribution in [0.5, 0.6) is 5.75 Å². The number of aromatic hydroxyl groups is 1. The monoisotopic (exact) mass is 426 g/mol. The summed E-state index contributed by atoms with van der Waals surface area (Å²) in [6, 6.07) is 4.29. The van der Waals surface area contributed by atoms with E-state index in [4.69, 9.17) is 12.2 Å². The first-order chi connectivity index (χ1) is 11.9. The lowest BCUT2D eigenvalue weighted by molar-refractivity contribution is 0.458. The molecule has 0 fully saturated rings. The standard InChI is InChI=1S/C19H24BrFN2OS/c1-4-13(3)17(10-9-14(20)5-2)23-19(25)22-12-11-15-16(21)7-6-8-18(15)24/h5-10,24H,4,11-12H2,1-3H3,(H2,22,23,25)/b10-9-,14-5+,17-13?. The van der Waals surface area contributed by atoms with Gasteiger partial charge in [-0.15, -0.1) is 0 Å². The Labute approximate surface area is 162 Å². The van der Waals surface area contributed by atoms with Crippen LogP contribution in [-0.4, -0.2) is 16.8 Å². The number of rotatable bonds is 7. The second-order valence-electron chi connectivity index (χ2n) is 5.42. The third kappa shape index (κ3) is 7.40. The lowest BCUT2D eigenvalue weighted by Gasteiger charge is -2.14. The molecule has 0 saturated heterocycles. The summed E-state index contributed by atoms with van der Waals surface area (Å²) in [7, 11) is 0. The minimum absolute atomic E-state index is 0.0396. The van der Waals surface area contributed by atoms with Crippen LogP contribution in [0.2, 0.25) is 0 Å². The molecule has 0 saturated carbocycles. The molecule has 0 atom stereocenters. The fraction of sp³-hybridized carbons (Fsp3) is 0.316. The number of hydrogen-bond donors (Lipinski definition) is 3. The summed E-state index contributed by atoms with van der Waals surface area (Å²) in [5.41, 5.74) is 2.38. The van der Waals surface area contributed by atoms with Crippen molar-refractivity contribution in [3.63, 3.8) is 0 Å². The molecule has 136 valence electrons. The van der Waals surface area contributed by atoms with Gasteiger partial charge in [-0.2, -0.15) is 0 Å². The maximum Gasteiger partial charge on any atom is 0.170 e. The van der Waals surface area contributed by atoms with E-state index in [-0.39, 0.29) is 11.3 Å². The van der Waals surface area contributed by atoms with Crippen molar-refractivity contribution < 1.29 is 9.50 Å². The molecule has 25 heavy (non-hydrogen) atoms. The van der Waals surface area contributed by atoms with Crippen molar-refractivity contribution in [2.24, 2.45) is 0 Å². The smallest absolute Gasteiger partial charge is 0.170 e. The Morgan fingerprint density at radius 2 is 2.08 bits per heavy atom. The molecule has 3 nitrogen and oxygen atoms in total. The van der Waals surface area contributed by atoms with E-state index < -0.39 is 5.82 Å².